The summed E-state index contributed by atoms with van der Waals surface area (Å²) in [5.41, 5.74) is -0.213. The Kier molecular flexibility index (Phi) is 6.09. The topological polar surface area (TPSA) is 172 Å². The summed E-state index contributed by atoms with van der Waals surface area (Å²) in [5, 5.41) is 64.4. The van der Waals surface area contributed by atoms with Gasteiger partial charge in [-0.2, -0.15) is 20.8 Å². The monoisotopic (exact) mass is 402 g/mol. The molecule has 3 atom stereocenters. The lowest BCUT2D eigenvalue weighted by atomic mass is 10.1. The zero-order valence-corrected chi connectivity index (χ0v) is 15.1. The highest BCUT2D eigenvalue weighted by Gasteiger charge is 2.26. The predicted octanol–water partition coefficient (Wildman–Crippen LogP) is -1.08. The molecule has 1 heterocycles. The summed E-state index contributed by atoms with van der Waals surface area (Å²) in [6.07, 6.45) is 3.04. The first kappa shape index (κ1) is 20.7. The maximum atomic E-state index is 11.7. The van der Waals surface area contributed by atoms with E-state index in [9.17, 15) is 26.0 Å². The predicted molar refractivity (Wildman–Crippen MR) is 102 cm³/mol. The zero-order chi connectivity index (χ0) is 21.1. The minimum atomic E-state index is -1.47. The van der Waals surface area contributed by atoms with Crippen molar-refractivity contribution in [3.63, 3.8) is 0 Å². The summed E-state index contributed by atoms with van der Waals surface area (Å²) in [7, 11) is 1.38. The molecule has 0 fully saturated rings. The molecule has 0 bridgehead atoms. The zero-order valence-electron chi connectivity index (χ0n) is 15.1. The maximum absolute atomic E-state index is 11.7. The third-order valence-electron chi connectivity index (χ3n) is 4.19. The molecule has 3 aromatic rings. The first-order valence-corrected chi connectivity index (χ1v) is 8.29. The van der Waals surface area contributed by atoms with E-state index >= 15 is 0 Å². The molecule has 0 aliphatic heterocycles. The van der Waals surface area contributed by atoms with E-state index in [0.717, 1.165) is 28.0 Å². The number of anilines is 1. The fraction of sp³-hybridized carbons (Fsp3) is 0.0588. The smallest absolute Gasteiger partial charge is 0.201 e. The molecule has 2 aromatic carbocycles. The maximum Gasteiger partial charge on any atom is 0.201 e. The Morgan fingerprint density at radius 3 is 2.17 bits per heavy atom. The molecule has 0 spiro atoms. The molecule has 0 saturated carbocycles. The second kappa shape index (κ2) is 8.54. The Bertz CT molecular complexity index is 1010. The minimum absolute atomic E-state index is 0.232. The summed E-state index contributed by atoms with van der Waals surface area (Å²) in [4.78, 5) is 4.24. The van der Waals surface area contributed by atoms with Crippen molar-refractivity contribution < 1.29 is 31.3 Å². The van der Waals surface area contributed by atoms with Gasteiger partial charge in [0.1, 0.15) is 0 Å². The summed E-state index contributed by atoms with van der Waals surface area (Å²) >= 11 is 0. The van der Waals surface area contributed by atoms with Crippen LogP contribution in [-0.4, -0.2) is 33.9 Å². The van der Waals surface area contributed by atoms with Gasteiger partial charge < -0.3 is 15.6 Å². The molecule has 3 unspecified atom stereocenters. The lowest BCUT2D eigenvalue weighted by Crippen LogP contribution is -3.02. The van der Waals surface area contributed by atoms with Crippen molar-refractivity contribution in [2.45, 2.75) is 0 Å². The number of pyridine rings is 1. The van der Waals surface area contributed by atoms with Crippen LogP contribution in [0.4, 0.5) is 22.7 Å². The molecule has 0 saturated heterocycles. The van der Waals surface area contributed by atoms with Gasteiger partial charge in [0.25, 0.3) is 0 Å². The van der Waals surface area contributed by atoms with Crippen LogP contribution in [-0.2, 0) is 0 Å². The van der Waals surface area contributed by atoms with Crippen LogP contribution < -0.4 is 20.7 Å². The van der Waals surface area contributed by atoms with Gasteiger partial charge in [-0.1, -0.05) is 18.2 Å². The van der Waals surface area contributed by atoms with Crippen LogP contribution in [0.15, 0.2) is 53.8 Å². The van der Waals surface area contributed by atoms with Crippen LogP contribution in [0, 0.1) is 15.6 Å². The van der Waals surface area contributed by atoms with Gasteiger partial charge in [0.2, 0.25) is 11.4 Å². The van der Waals surface area contributed by atoms with Crippen molar-refractivity contribution >= 4 is 39.9 Å². The van der Waals surface area contributed by atoms with Crippen LogP contribution in [0.5, 0.6) is 0 Å². The molecule has 12 nitrogen and oxygen atoms in total. The van der Waals surface area contributed by atoms with Gasteiger partial charge in [0, 0.05) is 24.2 Å². The number of aromatic nitrogens is 1. The third kappa shape index (κ3) is 4.36. The molecule has 12 heteroatoms. The standard InChI is InChI=1S/C17H18N6O6/c1-20(19-10-11-6-7-18-14-5-3-2-4-13(11)14)17-15(22(26)27)8-12(21(24)25)9-16(17)23(28)29/h2-10,21-24,26,28H,1H3/b19-10+. The second-order valence-electron chi connectivity index (χ2n) is 6.02. The lowest BCUT2D eigenvalue weighted by molar-refractivity contribution is -1.00. The van der Waals surface area contributed by atoms with Gasteiger partial charge in [0.05, 0.1) is 23.9 Å². The van der Waals surface area contributed by atoms with E-state index in [1.54, 1.807) is 12.3 Å². The summed E-state index contributed by atoms with van der Waals surface area (Å²) in [6, 6.07) is 10.9. The molecule has 29 heavy (non-hydrogen) atoms. The number of hydrogen-bond acceptors (Lipinski definition) is 9. The number of rotatable bonds is 6. The number of benzene rings is 2. The summed E-state index contributed by atoms with van der Waals surface area (Å²) in [6.45, 7) is 0. The Morgan fingerprint density at radius 2 is 1.59 bits per heavy atom. The Labute approximate surface area is 164 Å². The molecule has 3 rings (SSSR count). The molecule has 0 aliphatic rings. The largest absolute Gasteiger partial charge is 0.595 e. The van der Waals surface area contributed by atoms with E-state index in [1.807, 2.05) is 24.3 Å². The van der Waals surface area contributed by atoms with E-state index < -0.39 is 32.7 Å². The normalized spacial score (nSPS) is 14.9. The summed E-state index contributed by atoms with van der Waals surface area (Å²) in [5.74, 6) is 0. The molecule has 0 radical (unpaired) electrons. The highest BCUT2D eigenvalue weighted by molar-refractivity contribution is 5.98. The summed E-state index contributed by atoms with van der Waals surface area (Å²) < 4.78 is 0. The molecule has 1 aromatic heterocycles. The molecule has 0 aliphatic carbocycles. The van der Waals surface area contributed by atoms with Crippen molar-refractivity contribution in [3.8, 4) is 0 Å². The first-order chi connectivity index (χ1) is 13.8. The highest BCUT2D eigenvalue weighted by atomic mass is 16.8. The van der Waals surface area contributed by atoms with Crippen LogP contribution in [0.1, 0.15) is 5.56 Å². The van der Waals surface area contributed by atoms with Crippen molar-refractivity contribution in [3.05, 3.63) is 69.8 Å². The molecule has 6 N–H and O–H groups in total. The number of hydrazone groups is 1. The first-order valence-electron chi connectivity index (χ1n) is 8.29. The van der Waals surface area contributed by atoms with Gasteiger partial charge in [-0.15, -0.1) is 0 Å². The molecular weight excluding hydrogens is 384 g/mol. The van der Waals surface area contributed by atoms with Crippen molar-refractivity contribution in [2.75, 3.05) is 12.1 Å². The number of nitrogens with zero attached hydrogens (tertiary/aromatic N) is 3. The van der Waals surface area contributed by atoms with E-state index in [-0.39, 0.29) is 5.69 Å². The van der Waals surface area contributed by atoms with Crippen LogP contribution in [0.25, 0.3) is 10.9 Å². The minimum Gasteiger partial charge on any atom is -0.595 e. The molecule has 152 valence electrons. The van der Waals surface area contributed by atoms with Gasteiger partial charge in [-0.25, -0.2) is 15.6 Å². The van der Waals surface area contributed by atoms with Gasteiger partial charge in [-0.3, -0.25) is 9.99 Å². The average molecular weight is 402 g/mol. The SMILES string of the molecule is CN(/N=C/c1ccnc2ccccc12)c1c([NH+]([O-])O)cc([NH+]([O-])O)cc1[NH+]([O-])O. The Balaban J connectivity index is 2.08. The van der Waals surface area contributed by atoms with Crippen LogP contribution in [0.3, 0.4) is 0 Å². The number of nitrogens with one attached hydrogen (secondary N) is 3. The quantitative estimate of drug-likeness (QED) is 0.223. The number of para-hydroxylation sites is 1. The Hall–Kier alpha value is -3.04. The van der Waals surface area contributed by atoms with Crippen molar-refractivity contribution in [1.29, 1.82) is 0 Å². The second-order valence-corrected chi connectivity index (χ2v) is 6.02. The van der Waals surface area contributed by atoms with Crippen molar-refractivity contribution in [2.24, 2.45) is 5.10 Å². The Morgan fingerprint density at radius 1 is 0.966 bits per heavy atom. The third-order valence-corrected chi connectivity index (χ3v) is 4.19. The number of quaternary nitrogens is 3. The fourth-order valence-corrected chi connectivity index (χ4v) is 2.87. The average Bonchev–Trinajstić information content (AvgIpc) is 2.70. The van der Waals surface area contributed by atoms with E-state index in [4.69, 9.17) is 5.21 Å². The molecular formula is C17H18N6O6. The van der Waals surface area contributed by atoms with Crippen LogP contribution in [0.2, 0.25) is 0 Å². The van der Waals surface area contributed by atoms with E-state index in [2.05, 4.69) is 10.1 Å². The van der Waals surface area contributed by atoms with Gasteiger partial charge >= 0.3 is 0 Å². The van der Waals surface area contributed by atoms with Gasteiger partial charge in [0.15, 0.2) is 11.4 Å². The lowest BCUT2D eigenvalue weighted by Gasteiger charge is -2.25. The van der Waals surface area contributed by atoms with E-state index in [1.165, 1.54) is 13.3 Å². The molecule has 0 amide bonds. The van der Waals surface area contributed by atoms with Gasteiger partial charge in [-0.05, 0) is 12.1 Å². The fourth-order valence-electron chi connectivity index (χ4n) is 2.87. The van der Waals surface area contributed by atoms with Crippen molar-refractivity contribution in [1.82, 2.24) is 4.98 Å². The van der Waals surface area contributed by atoms with Crippen LogP contribution >= 0.6 is 0 Å². The highest BCUT2D eigenvalue weighted by Crippen LogP contribution is 2.32. The number of fused-ring (bicyclic) bond motifs is 1. The number of hydrogen-bond donors (Lipinski definition) is 6. The van der Waals surface area contributed by atoms with E-state index in [0.29, 0.717) is 5.56 Å².